The molecule has 0 aromatic rings. The van der Waals surface area contributed by atoms with Gasteiger partial charge in [-0.15, -0.1) is 0 Å². The van der Waals surface area contributed by atoms with Crippen molar-refractivity contribution in [1.82, 2.24) is 0 Å². The molecule has 0 aromatic carbocycles. The fourth-order valence-corrected chi connectivity index (χ4v) is 2.57. The molecule has 0 bridgehead atoms. The lowest BCUT2D eigenvalue weighted by Gasteiger charge is -2.22. The molecule has 1 fully saturated rings. The van der Waals surface area contributed by atoms with Crippen LogP contribution in [0.4, 0.5) is 0 Å². The Morgan fingerprint density at radius 2 is 1.75 bits per heavy atom. The zero-order valence-electron chi connectivity index (χ0n) is 7.54. The van der Waals surface area contributed by atoms with Crippen LogP contribution in [0.5, 0.6) is 0 Å². The minimum atomic E-state index is -3.00. The third kappa shape index (κ3) is 2.34. The molecular formula is C9H16O2S. The maximum atomic E-state index is 11.1. The van der Waals surface area contributed by atoms with Crippen LogP contribution in [0.2, 0.25) is 0 Å². The fourth-order valence-electron chi connectivity index (χ4n) is 1.73. The molecule has 1 rings (SSSR count). The summed E-state index contributed by atoms with van der Waals surface area (Å²) in [5.74, 6) is 0.230. The van der Waals surface area contributed by atoms with Crippen molar-refractivity contribution in [2.45, 2.75) is 32.1 Å². The summed E-state index contributed by atoms with van der Waals surface area (Å²) in [6, 6.07) is 0. The largest absolute Gasteiger partial charge is 0.224 e. The second-order valence-electron chi connectivity index (χ2n) is 3.57. The van der Waals surface area contributed by atoms with Crippen LogP contribution >= 0.6 is 0 Å². The highest BCUT2D eigenvalue weighted by molar-refractivity contribution is 7.94. The highest BCUT2D eigenvalue weighted by Crippen LogP contribution is 2.30. The third-order valence-corrected chi connectivity index (χ3v) is 3.82. The number of rotatable bonds is 2. The lowest BCUT2D eigenvalue weighted by molar-refractivity contribution is 0.412. The molecule has 70 valence electrons. The minimum Gasteiger partial charge on any atom is -0.224 e. The predicted molar refractivity (Wildman–Crippen MR) is 50.6 cm³/mol. The van der Waals surface area contributed by atoms with Crippen molar-refractivity contribution in [3.05, 3.63) is 11.5 Å². The Morgan fingerprint density at radius 1 is 1.25 bits per heavy atom. The molecule has 0 radical (unpaired) electrons. The molecular weight excluding hydrogens is 172 g/mol. The molecule has 0 aromatic heterocycles. The third-order valence-electron chi connectivity index (χ3n) is 2.54. The highest BCUT2D eigenvalue weighted by Gasteiger charge is 2.22. The highest BCUT2D eigenvalue weighted by atomic mass is 32.2. The van der Waals surface area contributed by atoms with Gasteiger partial charge in [-0.2, -0.15) is 0 Å². The number of hydrogen-bond acceptors (Lipinski definition) is 2. The van der Waals surface area contributed by atoms with Gasteiger partial charge < -0.3 is 0 Å². The van der Waals surface area contributed by atoms with Crippen molar-refractivity contribution in [2.75, 3.05) is 6.26 Å². The van der Waals surface area contributed by atoms with Gasteiger partial charge in [-0.1, -0.05) is 25.8 Å². The predicted octanol–water partition coefficient (Wildman–Crippen LogP) is 2.12. The summed E-state index contributed by atoms with van der Waals surface area (Å²) in [6.45, 7) is 3.66. The van der Waals surface area contributed by atoms with Crippen molar-refractivity contribution in [2.24, 2.45) is 5.92 Å². The first-order valence-corrected chi connectivity index (χ1v) is 6.30. The van der Waals surface area contributed by atoms with Gasteiger partial charge in [0.05, 0.1) is 0 Å². The standard InChI is InChI=1S/C9H16O2S/c1-8(12(2,10)11)9-6-4-3-5-7-9/h9H,1,3-7H2,2H3. The molecule has 1 saturated carbocycles. The summed E-state index contributed by atoms with van der Waals surface area (Å²) in [4.78, 5) is 0.446. The van der Waals surface area contributed by atoms with Crippen molar-refractivity contribution >= 4 is 9.84 Å². The van der Waals surface area contributed by atoms with Gasteiger partial charge in [0.1, 0.15) is 0 Å². The Bertz CT molecular complexity index is 258. The van der Waals surface area contributed by atoms with E-state index in [4.69, 9.17) is 0 Å². The monoisotopic (exact) mass is 188 g/mol. The van der Waals surface area contributed by atoms with E-state index < -0.39 is 9.84 Å². The molecule has 1 aliphatic rings. The molecule has 0 unspecified atom stereocenters. The molecule has 0 amide bonds. The van der Waals surface area contributed by atoms with Gasteiger partial charge in [0, 0.05) is 11.2 Å². The Hall–Kier alpha value is -0.310. The molecule has 0 heterocycles. The summed E-state index contributed by atoms with van der Waals surface area (Å²) in [5.41, 5.74) is 0. The number of allylic oxidation sites excluding steroid dienone is 1. The topological polar surface area (TPSA) is 34.1 Å². The normalized spacial score (nSPS) is 20.8. The van der Waals surface area contributed by atoms with Crippen LogP contribution in [0.1, 0.15) is 32.1 Å². The molecule has 0 aliphatic heterocycles. The Balaban J connectivity index is 2.64. The molecule has 0 atom stereocenters. The van der Waals surface area contributed by atoms with Crippen LogP contribution in [-0.4, -0.2) is 14.7 Å². The first kappa shape index (κ1) is 9.78. The average molecular weight is 188 g/mol. The smallest absolute Gasteiger partial charge is 0.171 e. The second kappa shape index (κ2) is 3.60. The second-order valence-corrected chi connectivity index (χ2v) is 5.64. The van der Waals surface area contributed by atoms with Crippen molar-refractivity contribution in [3.8, 4) is 0 Å². The molecule has 3 heteroatoms. The molecule has 2 nitrogen and oxygen atoms in total. The quantitative estimate of drug-likeness (QED) is 0.665. The van der Waals surface area contributed by atoms with E-state index in [0.29, 0.717) is 4.91 Å². The van der Waals surface area contributed by atoms with Crippen molar-refractivity contribution < 1.29 is 8.42 Å². The van der Waals surface area contributed by atoms with E-state index in [1.165, 1.54) is 12.7 Å². The maximum absolute atomic E-state index is 11.1. The first-order valence-electron chi connectivity index (χ1n) is 4.40. The molecule has 12 heavy (non-hydrogen) atoms. The van der Waals surface area contributed by atoms with Gasteiger partial charge in [-0.25, -0.2) is 8.42 Å². The molecule has 0 N–H and O–H groups in total. The van der Waals surface area contributed by atoms with Gasteiger partial charge in [0.15, 0.2) is 9.84 Å². The van der Waals surface area contributed by atoms with Crippen molar-refractivity contribution in [3.63, 3.8) is 0 Å². The van der Waals surface area contributed by atoms with E-state index in [9.17, 15) is 8.42 Å². The van der Waals surface area contributed by atoms with E-state index in [1.54, 1.807) is 0 Å². The minimum absolute atomic E-state index is 0.230. The fraction of sp³-hybridized carbons (Fsp3) is 0.778. The van der Waals surface area contributed by atoms with Crippen LogP contribution < -0.4 is 0 Å². The van der Waals surface area contributed by atoms with Crippen LogP contribution in [0.3, 0.4) is 0 Å². The van der Waals surface area contributed by atoms with Gasteiger partial charge in [-0.05, 0) is 18.8 Å². The van der Waals surface area contributed by atoms with E-state index in [-0.39, 0.29) is 5.92 Å². The van der Waals surface area contributed by atoms with E-state index in [0.717, 1.165) is 25.7 Å². The molecule has 1 aliphatic carbocycles. The Kier molecular flexibility index (Phi) is 2.94. The maximum Gasteiger partial charge on any atom is 0.171 e. The van der Waals surface area contributed by atoms with Gasteiger partial charge >= 0.3 is 0 Å². The van der Waals surface area contributed by atoms with Crippen LogP contribution in [0.25, 0.3) is 0 Å². The molecule has 0 saturated heterocycles. The summed E-state index contributed by atoms with van der Waals surface area (Å²) in [7, 11) is -3.00. The SMILES string of the molecule is C=C(C1CCCCC1)S(C)(=O)=O. The van der Waals surface area contributed by atoms with Gasteiger partial charge in [-0.3, -0.25) is 0 Å². The van der Waals surface area contributed by atoms with Crippen LogP contribution in [0, 0.1) is 5.92 Å². The van der Waals surface area contributed by atoms with Gasteiger partial charge in [0.25, 0.3) is 0 Å². The van der Waals surface area contributed by atoms with E-state index in [1.807, 2.05) is 0 Å². The lowest BCUT2D eigenvalue weighted by atomic mass is 9.89. The molecule has 0 spiro atoms. The van der Waals surface area contributed by atoms with Gasteiger partial charge in [0.2, 0.25) is 0 Å². The summed E-state index contributed by atoms with van der Waals surface area (Å²) in [6.07, 6.45) is 6.81. The zero-order chi connectivity index (χ0) is 9.19. The lowest BCUT2D eigenvalue weighted by Crippen LogP contribution is -2.14. The van der Waals surface area contributed by atoms with Crippen molar-refractivity contribution in [1.29, 1.82) is 0 Å². The van der Waals surface area contributed by atoms with Crippen LogP contribution in [-0.2, 0) is 9.84 Å². The van der Waals surface area contributed by atoms with E-state index >= 15 is 0 Å². The number of sulfone groups is 1. The average Bonchev–Trinajstić information content (AvgIpc) is 2.03. The summed E-state index contributed by atoms with van der Waals surface area (Å²) >= 11 is 0. The Morgan fingerprint density at radius 3 is 2.17 bits per heavy atom. The van der Waals surface area contributed by atoms with Crippen LogP contribution in [0.15, 0.2) is 11.5 Å². The summed E-state index contributed by atoms with van der Waals surface area (Å²) in [5, 5.41) is 0. The summed E-state index contributed by atoms with van der Waals surface area (Å²) < 4.78 is 22.3. The van der Waals surface area contributed by atoms with E-state index in [2.05, 4.69) is 6.58 Å². The number of hydrogen-bond donors (Lipinski definition) is 0. The first-order chi connectivity index (χ1) is 5.52. The Labute approximate surface area is 74.6 Å². The zero-order valence-corrected chi connectivity index (χ0v) is 8.36.